The van der Waals surface area contributed by atoms with Gasteiger partial charge >= 0.3 is 0 Å². The average Bonchev–Trinajstić information content (AvgIpc) is 2.82. The Bertz CT molecular complexity index is 919. The largest absolute Gasteiger partial charge is 0.484 e. The number of hydrogen-bond acceptors (Lipinski definition) is 3. The van der Waals surface area contributed by atoms with Crippen LogP contribution in [0.2, 0.25) is 5.02 Å². The lowest BCUT2D eigenvalue weighted by Crippen LogP contribution is -2.52. The third-order valence-electron chi connectivity index (χ3n) is 6.38. The van der Waals surface area contributed by atoms with Gasteiger partial charge in [0.15, 0.2) is 6.61 Å². The van der Waals surface area contributed by atoms with Crippen LogP contribution in [0.15, 0.2) is 42.5 Å². The first-order valence-electron chi connectivity index (χ1n) is 11.9. The maximum absolute atomic E-state index is 13.2. The normalized spacial score (nSPS) is 15.0. The Morgan fingerprint density at radius 1 is 1.09 bits per heavy atom. The Morgan fingerprint density at radius 2 is 1.73 bits per heavy atom. The van der Waals surface area contributed by atoms with E-state index >= 15 is 0 Å². The van der Waals surface area contributed by atoms with Gasteiger partial charge in [-0.25, -0.2) is 0 Å². The lowest BCUT2D eigenvalue weighted by Gasteiger charge is -2.31. The summed E-state index contributed by atoms with van der Waals surface area (Å²) < 4.78 is 5.82. The van der Waals surface area contributed by atoms with Crippen molar-refractivity contribution in [2.24, 2.45) is 0 Å². The van der Waals surface area contributed by atoms with Crippen molar-refractivity contribution >= 4 is 23.4 Å². The van der Waals surface area contributed by atoms with Crippen LogP contribution in [-0.4, -0.2) is 41.9 Å². The number of aryl methyl sites for hydroxylation is 2. The summed E-state index contributed by atoms with van der Waals surface area (Å²) in [6.07, 6.45) is 6.20. The van der Waals surface area contributed by atoms with E-state index < -0.39 is 6.04 Å². The first-order valence-corrected chi connectivity index (χ1v) is 12.3. The van der Waals surface area contributed by atoms with E-state index in [4.69, 9.17) is 16.3 Å². The van der Waals surface area contributed by atoms with E-state index in [-0.39, 0.29) is 24.5 Å². The van der Waals surface area contributed by atoms with E-state index in [1.54, 1.807) is 11.8 Å². The number of ether oxygens (including phenoxy) is 1. The molecule has 2 amide bonds. The zero-order valence-corrected chi connectivity index (χ0v) is 20.7. The molecule has 3 rings (SSSR count). The van der Waals surface area contributed by atoms with Crippen LogP contribution in [0.5, 0.6) is 5.75 Å². The van der Waals surface area contributed by atoms with Gasteiger partial charge in [-0.1, -0.05) is 61.2 Å². The number of carbonyl (C=O) groups is 2. The van der Waals surface area contributed by atoms with Crippen LogP contribution in [-0.2, 0) is 16.0 Å². The number of nitrogens with zero attached hydrogens (tertiary/aromatic N) is 1. The summed E-state index contributed by atoms with van der Waals surface area (Å²) in [6.45, 7) is 5.94. The molecule has 0 aliphatic heterocycles. The van der Waals surface area contributed by atoms with Crippen molar-refractivity contribution in [1.82, 2.24) is 10.2 Å². The highest BCUT2D eigenvalue weighted by Crippen LogP contribution is 2.26. The minimum Gasteiger partial charge on any atom is -0.484 e. The molecular formula is C27H35ClN2O3. The van der Waals surface area contributed by atoms with Crippen molar-refractivity contribution in [3.05, 3.63) is 64.2 Å². The van der Waals surface area contributed by atoms with Gasteiger partial charge in [0.2, 0.25) is 5.91 Å². The van der Waals surface area contributed by atoms with E-state index in [0.29, 0.717) is 23.7 Å². The van der Waals surface area contributed by atoms with Gasteiger partial charge in [-0.2, -0.15) is 0 Å². The van der Waals surface area contributed by atoms with Crippen molar-refractivity contribution in [1.29, 1.82) is 0 Å². The van der Waals surface area contributed by atoms with E-state index in [9.17, 15) is 9.59 Å². The average molecular weight is 471 g/mol. The van der Waals surface area contributed by atoms with Crippen molar-refractivity contribution in [3.8, 4) is 5.75 Å². The summed E-state index contributed by atoms with van der Waals surface area (Å²) in [6, 6.07) is 13.3. The predicted molar refractivity (Wildman–Crippen MR) is 133 cm³/mol. The number of benzene rings is 2. The fourth-order valence-corrected chi connectivity index (χ4v) is 4.47. The number of hydrogen-bond donors (Lipinski definition) is 1. The molecule has 1 saturated carbocycles. The number of halogens is 1. The molecule has 5 nitrogen and oxygen atoms in total. The smallest absolute Gasteiger partial charge is 0.261 e. The molecule has 6 heteroatoms. The Kier molecular flexibility index (Phi) is 9.19. The molecule has 1 atom stereocenters. The topological polar surface area (TPSA) is 58.6 Å². The molecule has 0 radical (unpaired) electrons. The lowest BCUT2D eigenvalue weighted by atomic mass is 9.95. The van der Waals surface area contributed by atoms with E-state index in [2.05, 4.69) is 5.32 Å². The highest BCUT2D eigenvalue weighted by Gasteiger charge is 2.28. The van der Waals surface area contributed by atoms with Crippen LogP contribution in [0, 0.1) is 13.8 Å². The second-order valence-corrected chi connectivity index (χ2v) is 9.38. The van der Waals surface area contributed by atoms with Crippen molar-refractivity contribution in [2.45, 2.75) is 71.4 Å². The second-order valence-electron chi connectivity index (χ2n) is 9.00. The number of amides is 2. The SMILES string of the molecule is Cc1cc(OCC(=O)N(CCc2ccccc2)C(C)C(=O)NC2CCCCC2)cc(C)c1Cl. The highest BCUT2D eigenvalue weighted by atomic mass is 35.5. The van der Waals surface area contributed by atoms with E-state index in [1.807, 2.05) is 56.3 Å². The van der Waals surface area contributed by atoms with Crippen LogP contribution in [0.4, 0.5) is 0 Å². The van der Waals surface area contributed by atoms with Crippen LogP contribution in [0.25, 0.3) is 0 Å². The predicted octanol–water partition coefficient (Wildman–Crippen LogP) is 5.24. The molecule has 178 valence electrons. The first kappa shape index (κ1) is 25.1. The zero-order valence-electron chi connectivity index (χ0n) is 19.9. The van der Waals surface area contributed by atoms with Gasteiger partial charge in [-0.05, 0) is 68.9 Å². The molecule has 2 aromatic carbocycles. The third-order valence-corrected chi connectivity index (χ3v) is 6.97. The van der Waals surface area contributed by atoms with Crippen molar-refractivity contribution in [2.75, 3.05) is 13.2 Å². The van der Waals surface area contributed by atoms with Crippen LogP contribution >= 0.6 is 11.6 Å². The van der Waals surface area contributed by atoms with Gasteiger partial charge in [-0.15, -0.1) is 0 Å². The fraction of sp³-hybridized carbons (Fsp3) is 0.481. The van der Waals surface area contributed by atoms with Gasteiger partial charge in [0.25, 0.3) is 5.91 Å². The molecule has 1 unspecified atom stereocenters. The van der Waals surface area contributed by atoms with Crippen LogP contribution in [0.1, 0.15) is 55.7 Å². The molecular weight excluding hydrogens is 436 g/mol. The number of carbonyl (C=O) groups excluding carboxylic acids is 2. The van der Waals surface area contributed by atoms with Gasteiger partial charge < -0.3 is 15.0 Å². The summed E-state index contributed by atoms with van der Waals surface area (Å²) in [4.78, 5) is 27.9. The number of rotatable bonds is 9. The second kappa shape index (κ2) is 12.1. The van der Waals surface area contributed by atoms with Gasteiger partial charge in [0, 0.05) is 17.6 Å². The molecule has 1 fully saturated rings. The molecule has 1 N–H and O–H groups in total. The molecule has 0 saturated heterocycles. The van der Waals surface area contributed by atoms with E-state index in [1.165, 1.54) is 6.42 Å². The molecule has 0 bridgehead atoms. The maximum atomic E-state index is 13.2. The van der Waals surface area contributed by atoms with Gasteiger partial charge in [-0.3, -0.25) is 9.59 Å². The molecule has 0 aromatic heterocycles. The Morgan fingerprint density at radius 3 is 2.36 bits per heavy atom. The summed E-state index contributed by atoms with van der Waals surface area (Å²) in [5, 5.41) is 3.86. The summed E-state index contributed by atoms with van der Waals surface area (Å²) in [5.41, 5.74) is 2.93. The maximum Gasteiger partial charge on any atom is 0.261 e. The summed E-state index contributed by atoms with van der Waals surface area (Å²) in [7, 11) is 0. The first-order chi connectivity index (χ1) is 15.8. The molecule has 0 spiro atoms. The monoisotopic (exact) mass is 470 g/mol. The third kappa shape index (κ3) is 7.23. The lowest BCUT2D eigenvalue weighted by molar-refractivity contribution is -0.141. The van der Waals surface area contributed by atoms with Crippen molar-refractivity contribution < 1.29 is 14.3 Å². The summed E-state index contributed by atoms with van der Waals surface area (Å²) >= 11 is 6.24. The Balaban J connectivity index is 1.67. The minimum atomic E-state index is -0.569. The Hall–Kier alpha value is -2.53. The molecule has 33 heavy (non-hydrogen) atoms. The molecule has 1 aliphatic rings. The van der Waals surface area contributed by atoms with Crippen LogP contribution < -0.4 is 10.1 Å². The standard InChI is InChI=1S/C27H35ClN2O3/c1-19-16-24(17-20(2)26(19)28)33-18-25(31)30(15-14-22-10-6-4-7-11-22)21(3)27(32)29-23-12-8-5-9-13-23/h4,6-7,10-11,16-17,21,23H,5,8-9,12-15,18H2,1-3H3,(H,29,32). The zero-order chi connectivity index (χ0) is 23.8. The fourth-order valence-electron chi connectivity index (χ4n) is 4.36. The minimum absolute atomic E-state index is 0.0958. The molecule has 0 heterocycles. The van der Waals surface area contributed by atoms with Crippen molar-refractivity contribution in [3.63, 3.8) is 0 Å². The molecule has 1 aliphatic carbocycles. The Labute approximate surface area is 202 Å². The highest BCUT2D eigenvalue weighted by molar-refractivity contribution is 6.32. The van der Waals surface area contributed by atoms with Gasteiger partial charge in [0.05, 0.1) is 0 Å². The quantitative estimate of drug-likeness (QED) is 0.544. The van der Waals surface area contributed by atoms with Crippen LogP contribution in [0.3, 0.4) is 0 Å². The van der Waals surface area contributed by atoms with Gasteiger partial charge in [0.1, 0.15) is 11.8 Å². The van der Waals surface area contributed by atoms with E-state index in [0.717, 1.165) is 42.4 Å². The summed E-state index contributed by atoms with van der Waals surface area (Å²) in [5.74, 6) is 0.300. The molecule has 2 aromatic rings. The number of nitrogens with one attached hydrogen (secondary N) is 1.